The third-order valence-corrected chi connectivity index (χ3v) is 10.3. The van der Waals surface area contributed by atoms with Crippen molar-refractivity contribution >= 4 is 114 Å². The SMILES string of the molecule is O=C(O)/C=C/c1ccc(NN=C2C(=O)c3ccc(NC(=O)C(=O)Nc4ccc5c(c4)C=C(S(=O)(=O)O)C(=NNc4ccc(/C=C/C(=O)O)cc4)C5=O)cc3C=C2S(=O)(=O)O)cc1. The molecule has 6 rings (SSSR count). The van der Waals surface area contributed by atoms with E-state index in [-0.39, 0.29) is 45.0 Å². The highest BCUT2D eigenvalue weighted by Crippen LogP contribution is 2.30. The van der Waals surface area contributed by atoms with E-state index < -0.39 is 76.8 Å². The lowest BCUT2D eigenvalue weighted by atomic mass is 9.94. The predicted octanol–water partition coefficient (Wildman–Crippen LogP) is 4.25. The Labute approximate surface area is 349 Å². The third kappa shape index (κ3) is 10.3. The Kier molecular flexibility index (Phi) is 12.3. The maximum Gasteiger partial charge on any atom is 0.328 e. The Balaban J connectivity index is 1.16. The molecule has 20 nitrogen and oxygen atoms in total. The summed E-state index contributed by atoms with van der Waals surface area (Å²) in [4.78, 5) is 72.4. The number of allylic oxidation sites excluding steroid dienone is 2. The number of carbonyl (C=O) groups excluding carboxylic acids is 4. The van der Waals surface area contributed by atoms with Gasteiger partial charge in [-0.05, 0) is 107 Å². The molecule has 0 spiro atoms. The summed E-state index contributed by atoms with van der Waals surface area (Å²) < 4.78 is 69.3. The zero-order valence-corrected chi connectivity index (χ0v) is 32.8. The van der Waals surface area contributed by atoms with Crippen LogP contribution < -0.4 is 21.5 Å². The Morgan fingerprint density at radius 3 is 1.18 bits per heavy atom. The molecule has 0 radical (unpaired) electrons. The van der Waals surface area contributed by atoms with Gasteiger partial charge < -0.3 is 20.8 Å². The van der Waals surface area contributed by atoms with E-state index in [9.17, 15) is 54.7 Å². The number of carboxylic acids is 2. The van der Waals surface area contributed by atoms with Crippen LogP contribution in [0, 0.1) is 0 Å². The summed E-state index contributed by atoms with van der Waals surface area (Å²) >= 11 is 0. The van der Waals surface area contributed by atoms with Crippen LogP contribution in [0.1, 0.15) is 43.0 Å². The summed E-state index contributed by atoms with van der Waals surface area (Å²) in [5.41, 5.74) is 4.80. The molecule has 0 saturated carbocycles. The monoisotopic (exact) mass is 880 g/mol. The van der Waals surface area contributed by atoms with Gasteiger partial charge in [0.1, 0.15) is 9.81 Å². The zero-order valence-electron chi connectivity index (χ0n) is 31.1. The number of rotatable bonds is 12. The lowest BCUT2D eigenvalue weighted by molar-refractivity contribution is -0.132. The number of carbonyl (C=O) groups is 6. The molecular formula is C40H28N6O14S2. The smallest absolute Gasteiger partial charge is 0.328 e. The normalized spacial score (nSPS) is 15.1. The number of Topliss-reactive ketones (excluding diaryl/α,β-unsaturated/α-hetero) is 2. The standard InChI is InChI=1S/C40H28N6O14S2/c47-33(48)15-5-21-1-7-25(8-2-21)43-45-35-31(61(55,56)57)19-23-17-27(11-13-29(23)37(35)51)41-39(53)40(54)42-28-12-14-30-24(18-28)20-32(62(58,59)60)36(38(30)52)46-44-26-9-3-22(4-10-26)6-16-34(49)50/h1-20,43-44H,(H,41,53)(H,42,54)(H,47,48)(H,49,50)(H,55,56,57)(H,58,59,60)/b15-5+,16-6+,45-35?,46-36?. The minimum atomic E-state index is -5.05. The van der Waals surface area contributed by atoms with Crippen LogP contribution in [0.3, 0.4) is 0 Å². The van der Waals surface area contributed by atoms with Crippen molar-refractivity contribution in [2.24, 2.45) is 10.2 Å². The van der Waals surface area contributed by atoms with Crippen molar-refractivity contribution in [1.82, 2.24) is 0 Å². The van der Waals surface area contributed by atoms with Gasteiger partial charge in [0, 0.05) is 34.7 Å². The number of ketones is 2. The van der Waals surface area contributed by atoms with E-state index in [0.29, 0.717) is 11.1 Å². The van der Waals surface area contributed by atoms with Crippen molar-refractivity contribution in [2.75, 3.05) is 21.5 Å². The molecule has 8 N–H and O–H groups in total. The Hall–Kier alpha value is -8.18. The molecule has 0 fully saturated rings. The van der Waals surface area contributed by atoms with Gasteiger partial charge in [0.2, 0.25) is 11.6 Å². The lowest BCUT2D eigenvalue weighted by Crippen LogP contribution is -2.30. The van der Waals surface area contributed by atoms with E-state index in [1.165, 1.54) is 84.9 Å². The molecule has 4 aromatic carbocycles. The molecule has 0 saturated heterocycles. The van der Waals surface area contributed by atoms with Crippen molar-refractivity contribution < 1.29 is 64.9 Å². The maximum absolute atomic E-state index is 13.4. The first-order chi connectivity index (χ1) is 29.3. The van der Waals surface area contributed by atoms with E-state index in [2.05, 4.69) is 31.7 Å². The summed E-state index contributed by atoms with van der Waals surface area (Å²) in [6.07, 6.45) is 6.36. The molecule has 22 heteroatoms. The molecule has 2 aliphatic rings. The summed E-state index contributed by atoms with van der Waals surface area (Å²) in [6.45, 7) is 0. The molecule has 4 aromatic rings. The van der Waals surface area contributed by atoms with Crippen molar-refractivity contribution in [3.05, 3.63) is 140 Å². The van der Waals surface area contributed by atoms with Crippen molar-refractivity contribution in [3.63, 3.8) is 0 Å². The van der Waals surface area contributed by atoms with Crippen molar-refractivity contribution in [3.8, 4) is 0 Å². The van der Waals surface area contributed by atoms with E-state index >= 15 is 0 Å². The number of fused-ring (bicyclic) bond motifs is 2. The number of aliphatic carboxylic acids is 2. The molecule has 2 aliphatic carbocycles. The van der Waals surface area contributed by atoms with Crippen LogP contribution in [0.15, 0.2) is 117 Å². The molecule has 2 amide bonds. The number of amides is 2. The van der Waals surface area contributed by atoms with E-state index in [1.54, 1.807) is 0 Å². The molecule has 0 aromatic heterocycles. The highest BCUT2D eigenvalue weighted by molar-refractivity contribution is 7.91. The van der Waals surface area contributed by atoms with Crippen molar-refractivity contribution in [1.29, 1.82) is 0 Å². The van der Waals surface area contributed by atoms with Gasteiger partial charge in [-0.15, -0.1) is 0 Å². The number of hydrogen-bond donors (Lipinski definition) is 8. The summed E-state index contributed by atoms with van der Waals surface area (Å²) in [6, 6.07) is 19.2. The number of nitrogens with zero attached hydrogens (tertiary/aromatic N) is 2. The number of anilines is 4. The van der Waals surface area contributed by atoms with Crippen LogP contribution in [-0.2, 0) is 39.4 Å². The molecule has 0 atom stereocenters. The van der Waals surface area contributed by atoms with Gasteiger partial charge in [-0.2, -0.15) is 27.0 Å². The van der Waals surface area contributed by atoms with Gasteiger partial charge in [0.25, 0.3) is 20.2 Å². The highest BCUT2D eigenvalue weighted by atomic mass is 32.2. The Morgan fingerprint density at radius 2 is 0.855 bits per heavy atom. The molecule has 314 valence electrons. The fourth-order valence-corrected chi connectivity index (χ4v) is 7.04. The van der Waals surface area contributed by atoms with E-state index in [4.69, 9.17) is 10.2 Å². The average Bonchev–Trinajstić information content (AvgIpc) is 3.21. The second kappa shape index (κ2) is 17.6. The third-order valence-electron chi connectivity index (χ3n) is 8.59. The number of hydrazone groups is 2. The fourth-order valence-electron chi connectivity index (χ4n) is 5.73. The van der Waals surface area contributed by atoms with Gasteiger partial charge in [-0.25, -0.2) is 9.59 Å². The second-order valence-electron chi connectivity index (χ2n) is 12.9. The minimum Gasteiger partial charge on any atom is -0.478 e. The van der Waals surface area contributed by atoms with Crippen LogP contribution >= 0.6 is 0 Å². The number of hydrogen-bond acceptors (Lipinski definition) is 14. The lowest BCUT2D eigenvalue weighted by Gasteiger charge is -2.18. The van der Waals surface area contributed by atoms with Gasteiger partial charge in [0.15, 0.2) is 11.4 Å². The van der Waals surface area contributed by atoms with Crippen LogP contribution in [0.2, 0.25) is 0 Å². The first kappa shape index (κ1) is 43.4. The Bertz CT molecular complexity index is 2820. The van der Waals surface area contributed by atoms with Gasteiger partial charge in [-0.3, -0.25) is 39.1 Å². The summed E-state index contributed by atoms with van der Waals surface area (Å²) in [5.74, 6) is -6.67. The topological polar surface area (TPSA) is 324 Å². The predicted molar refractivity (Wildman–Crippen MR) is 226 cm³/mol. The number of nitrogens with one attached hydrogen (secondary N) is 4. The zero-order chi connectivity index (χ0) is 44.9. The summed E-state index contributed by atoms with van der Waals surface area (Å²) in [7, 11) is -10.1. The average molecular weight is 881 g/mol. The largest absolute Gasteiger partial charge is 0.478 e. The van der Waals surface area contributed by atoms with Crippen molar-refractivity contribution in [2.45, 2.75) is 0 Å². The first-order valence-corrected chi connectivity index (χ1v) is 20.2. The van der Waals surface area contributed by atoms with Crippen LogP contribution in [0.4, 0.5) is 22.7 Å². The molecule has 0 aliphatic heterocycles. The van der Waals surface area contributed by atoms with Gasteiger partial charge in [-0.1, -0.05) is 24.3 Å². The van der Waals surface area contributed by atoms with E-state index in [1.807, 2.05) is 0 Å². The van der Waals surface area contributed by atoms with Crippen LogP contribution in [-0.4, -0.2) is 82.9 Å². The quantitative estimate of drug-likeness (QED) is 0.0427. The van der Waals surface area contributed by atoms with Gasteiger partial charge in [0.05, 0.1) is 11.4 Å². The second-order valence-corrected chi connectivity index (χ2v) is 15.6. The maximum atomic E-state index is 13.4. The number of benzene rings is 4. The molecule has 0 heterocycles. The molecule has 0 unspecified atom stereocenters. The highest BCUT2D eigenvalue weighted by Gasteiger charge is 2.34. The van der Waals surface area contributed by atoms with Gasteiger partial charge >= 0.3 is 23.8 Å². The molecule has 0 bridgehead atoms. The van der Waals surface area contributed by atoms with E-state index in [0.717, 1.165) is 36.4 Å². The number of carboxylic acid groups (broad SMARTS) is 2. The summed E-state index contributed by atoms with van der Waals surface area (Å²) in [5, 5.41) is 29.9. The minimum absolute atomic E-state index is 0.0726. The molecule has 62 heavy (non-hydrogen) atoms. The fraction of sp³-hybridized carbons (Fsp3) is 0. The van der Waals surface area contributed by atoms with Crippen LogP contribution in [0.25, 0.3) is 24.3 Å². The Morgan fingerprint density at radius 1 is 0.516 bits per heavy atom. The molecular weight excluding hydrogens is 853 g/mol. The van der Waals surface area contributed by atoms with Crippen LogP contribution in [0.5, 0.6) is 0 Å². The first-order valence-electron chi connectivity index (χ1n) is 17.4.